The SMILES string of the molecule is CCCNS(=O)(=O)c1cc(C)cc(C)c1OC. The van der Waals surface area contributed by atoms with Gasteiger partial charge in [0.15, 0.2) is 0 Å². The van der Waals surface area contributed by atoms with Gasteiger partial charge in [0, 0.05) is 6.54 Å². The number of nitrogens with one attached hydrogen (secondary N) is 1. The van der Waals surface area contributed by atoms with Crippen LogP contribution in [0.1, 0.15) is 24.5 Å². The number of ether oxygens (including phenoxy) is 1. The molecule has 0 aliphatic rings. The van der Waals surface area contributed by atoms with Crippen LogP contribution in [0.15, 0.2) is 17.0 Å². The molecule has 5 heteroatoms. The number of hydrogen-bond donors (Lipinski definition) is 1. The topological polar surface area (TPSA) is 55.4 Å². The van der Waals surface area contributed by atoms with Crippen LogP contribution in [0.5, 0.6) is 5.75 Å². The van der Waals surface area contributed by atoms with Crippen LogP contribution in [-0.4, -0.2) is 22.1 Å². The largest absolute Gasteiger partial charge is 0.495 e. The molecule has 0 aromatic heterocycles. The van der Waals surface area contributed by atoms with Gasteiger partial charge in [-0.25, -0.2) is 13.1 Å². The molecule has 0 aliphatic carbocycles. The zero-order valence-electron chi connectivity index (χ0n) is 10.7. The highest BCUT2D eigenvalue weighted by atomic mass is 32.2. The average molecular weight is 257 g/mol. The molecule has 0 saturated carbocycles. The summed E-state index contributed by atoms with van der Waals surface area (Å²) >= 11 is 0. The van der Waals surface area contributed by atoms with Gasteiger partial charge in [0.2, 0.25) is 10.0 Å². The molecule has 0 fully saturated rings. The number of sulfonamides is 1. The fourth-order valence-electron chi connectivity index (χ4n) is 1.69. The third kappa shape index (κ3) is 3.20. The minimum Gasteiger partial charge on any atom is -0.495 e. The molecule has 17 heavy (non-hydrogen) atoms. The Balaban J connectivity index is 3.29. The van der Waals surface area contributed by atoms with Crippen molar-refractivity contribution in [1.29, 1.82) is 0 Å². The smallest absolute Gasteiger partial charge is 0.244 e. The summed E-state index contributed by atoms with van der Waals surface area (Å²) in [6, 6.07) is 3.53. The predicted molar refractivity (Wildman–Crippen MR) is 67.9 cm³/mol. The Bertz CT molecular complexity index is 495. The van der Waals surface area contributed by atoms with Crippen LogP contribution in [0.4, 0.5) is 0 Å². The Kier molecular flexibility index (Phi) is 4.54. The van der Waals surface area contributed by atoms with E-state index in [0.717, 1.165) is 17.5 Å². The van der Waals surface area contributed by atoms with Crippen molar-refractivity contribution in [2.75, 3.05) is 13.7 Å². The number of hydrogen-bond acceptors (Lipinski definition) is 3. The Morgan fingerprint density at radius 1 is 1.29 bits per heavy atom. The Morgan fingerprint density at radius 3 is 2.47 bits per heavy atom. The van der Waals surface area contributed by atoms with Gasteiger partial charge < -0.3 is 4.74 Å². The van der Waals surface area contributed by atoms with Crippen molar-refractivity contribution in [1.82, 2.24) is 4.72 Å². The summed E-state index contributed by atoms with van der Waals surface area (Å²) in [6.07, 6.45) is 0.756. The number of methoxy groups -OCH3 is 1. The second-order valence-corrected chi connectivity index (χ2v) is 5.75. The highest BCUT2D eigenvalue weighted by molar-refractivity contribution is 7.89. The summed E-state index contributed by atoms with van der Waals surface area (Å²) in [6.45, 7) is 6.05. The highest BCUT2D eigenvalue weighted by Crippen LogP contribution is 2.28. The van der Waals surface area contributed by atoms with E-state index in [9.17, 15) is 8.42 Å². The van der Waals surface area contributed by atoms with E-state index in [1.54, 1.807) is 6.07 Å². The molecule has 0 aliphatic heterocycles. The Morgan fingerprint density at radius 2 is 1.94 bits per heavy atom. The van der Waals surface area contributed by atoms with Gasteiger partial charge in [-0.1, -0.05) is 13.0 Å². The van der Waals surface area contributed by atoms with Gasteiger partial charge in [-0.05, 0) is 37.5 Å². The molecular formula is C12H19NO3S. The van der Waals surface area contributed by atoms with Gasteiger partial charge in [-0.2, -0.15) is 0 Å². The molecule has 0 saturated heterocycles. The van der Waals surface area contributed by atoms with Crippen molar-refractivity contribution in [3.63, 3.8) is 0 Å². The molecule has 0 unspecified atom stereocenters. The van der Waals surface area contributed by atoms with Gasteiger partial charge in [0.05, 0.1) is 7.11 Å². The van der Waals surface area contributed by atoms with E-state index in [1.165, 1.54) is 7.11 Å². The van der Waals surface area contributed by atoms with Crippen LogP contribution in [0.25, 0.3) is 0 Å². The van der Waals surface area contributed by atoms with E-state index in [0.29, 0.717) is 12.3 Å². The van der Waals surface area contributed by atoms with Crippen molar-refractivity contribution in [3.05, 3.63) is 23.3 Å². The van der Waals surface area contributed by atoms with Crippen LogP contribution < -0.4 is 9.46 Å². The minimum absolute atomic E-state index is 0.214. The first-order chi connectivity index (χ1) is 7.92. The van der Waals surface area contributed by atoms with Gasteiger partial charge in [-0.3, -0.25) is 0 Å². The average Bonchev–Trinajstić information content (AvgIpc) is 2.25. The summed E-state index contributed by atoms with van der Waals surface area (Å²) < 4.78 is 31.9. The molecular weight excluding hydrogens is 238 g/mol. The summed E-state index contributed by atoms with van der Waals surface area (Å²) in [5.74, 6) is 0.416. The quantitative estimate of drug-likeness (QED) is 0.877. The van der Waals surface area contributed by atoms with Crippen molar-refractivity contribution >= 4 is 10.0 Å². The maximum atomic E-state index is 12.1. The summed E-state index contributed by atoms with van der Waals surface area (Å²) in [7, 11) is -2.00. The first-order valence-electron chi connectivity index (χ1n) is 5.57. The molecule has 1 rings (SSSR count). The van der Waals surface area contributed by atoms with E-state index in [2.05, 4.69) is 4.72 Å². The van der Waals surface area contributed by atoms with E-state index in [-0.39, 0.29) is 4.90 Å². The van der Waals surface area contributed by atoms with Gasteiger partial charge in [0.1, 0.15) is 10.6 Å². The Labute approximate surface area is 103 Å². The molecule has 0 bridgehead atoms. The number of benzene rings is 1. The van der Waals surface area contributed by atoms with Crippen LogP contribution in [0.2, 0.25) is 0 Å². The third-order valence-corrected chi connectivity index (χ3v) is 3.89. The van der Waals surface area contributed by atoms with Crippen molar-refractivity contribution in [2.24, 2.45) is 0 Å². The molecule has 0 heterocycles. The molecule has 0 atom stereocenters. The highest BCUT2D eigenvalue weighted by Gasteiger charge is 2.20. The lowest BCUT2D eigenvalue weighted by Gasteiger charge is -2.13. The van der Waals surface area contributed by atoms with Crippen molar-refractivity contribution in [3.8, 4) is 5.75 Å². The first-order valence-corrected chi connectivity index (χ1v) is 7.05. The molecule has 1 N–H and O–H groups in total. The zero-order valence-corrected chi connectivity index (χ0v) is 11.5. The van der Waals surface area contributed by atoms with E-state index in [1.807, 2.05) is 26.8 Å². The normalized spacial score (nSPS) is 11.5. The maximum absolute atomic E-state index is 12.1. The molecule has 4 nitrogen and oxygen atoms in total. The van der Waals surface area contributed by atoms with Crippen LogP contribution >= 0.6 is 0 Å². The summed E-state index contributed by atoms with van der Waals surface area (Å²) in [5.41, 5.74) is 1.73. The molecule has 0 radical (unpaired) electrons. The van der Waals surface area contributed by atoms with E-state index in [4.69, 9.17) is 4.74 Å². The Hall–Kier alpha value is -1.07. The van der Waals surface area contributed by atoms with Crippen molar-refractivity contribution < 1.29 is 13.2 Å². The summed E-state index contributed by atoms with van der Waals surface area (Å²) in [5, 5.41) is 0. The predicted octanol–water partition coefficient (Wildman–Crippen LogP) is 2.00. The first kappa shape index (κ1) is 14.0. The van der Waals surface area contributed by atoms with Gasteiger partial charge in [0.25, 0.3) is 0 Å². The minimum atomic E-state index is -3.49. The van der Waals surface area contributed by atoms with Crippen LogP contribution in [-0.2, 0) is 10.0 Å². The van der Waals surface area contributed by atoms with Crippen molar-refractivity contribution in [2.45, 2.75) is 32.1 Å². The summed E-state index contributed by atoms with van der Waals surface area (Å²) in [4.78, 5) is 0.214. The second-order valence-electron chi connectivity index (χ2n) is 4.01. The van der Waals surface area contributed by atoms with Gasteiger partial charge >= 0.3 is 0 Å². The number of rotatable bonds is 5. The fourth-order valence-corrected chi connectivity index (χ4v) is 3.15. The lowest BCUT2D eigenvalue weighted by atomic mass is 10.1. The van der Waals surface area contributed by atoms with E-state index < -0.39 is 10.0 Å². The van der Waals surface area contributed by atoms with Crippen LogP contribution in [0.3, 0.4) is 0 Å². The molecule has 0 amide bonds. The maximum Gasteiger partial charge on any atom is 0.244 e. The molecule has 0 spiro atoms. The monoisotopic (exact) mass is 257 g/mol. The lowest BCUT2D eigenvalue weighted by Crippen LogP contribution is -2.25. The molecule has 1 aromatic carbocycles. The van der Waals surface area contributed by atoms with Crippen LogP contribution in [0, 0.1) is 13.8 Å². The fraction of sp³-hybridized carbons (Fsp3) is 0.500. The lowest BCUT2D eigenvalue weighted by molar-refractivity contribution is 0.399. The second kappa shape index (κ2) is 5.51. The van der Waals surface area contributed by atoms with Gasteiger partial charge in [-0.15, -0.1) is 0 Å². The third-order valence-electron chi connectivity index (χ3n) is 2.42. The standard InChI is InChI=1S/C12H19NO3S/c1-5-6-13-17(14,15)11-8-9(2)7-10(3)12(11)16-4/h7-8,13H,5-6H2,1-4H3. The number of aryl methyl sites for hydroxylation is 2. The van der Waals surface area contributed by atoms with E-state index >= 15 is 0 Å². The molecule has 96 valence electrons. The molecule has 1 aromatic rings. The zero-order chi connectivity index (χ0) is 13.1.